The Morgan fingerprint density at radius 3 is 2.69 bits per heavy atom. The predicted molar refractivity (Wildman–Crippen MR) is 102 cm³/mol. The van der Waals surface area contributed by atoms with Crippen LogP contribution in [-0.2, 0) is 0 Å². The number of nitro groups is 1. The van der Waals surface area contributed by atoms with Gasteiger partial charge >= 0.3 is 6.03 Å². The Bertz CT molecular complexity index is 613. The minimum absolute atomic E-state index is 0.0292. The van der Waals surface area contributed by atoms with Crippen LogP contribution in [0.3, 0.4) is 0 Å². The number of carbonyl (C=O) groups is 1. The molecule has 0 aliphatic carbocycles. The van der Waals surface area contributed by atoms with E-state index < -0.39 is 4.92 Å². The lowest BCUT2D eigenvalue weighted by Crippen LogP contribution is -2.41. The first kappa shape index (κ1) is 20.2. The number of nitrogens with one attached hydrogen (secondary N) is 2. The minimum atomic E-state index is -0.432. The lowest BCUT2D eigenvalue weighted by Gasteiger charge is -2.34. The molecule has 7 heteroatoms. The molecule has 0 aromatic heterocycles. The van der Waals surface area contributed by atoms with Gasteiger partial charge in [-0.05, 0) is 43.7 Å². The van der Waals surface area contributed by atoms with Crippen LogP contribution in [0.25, 0.3) is 0 Å². The van der Waals surface area contributed by atoms with Crippen molar-refractivity contribution in [2.75, 3.05) is 26.2 Å². The molecule has 1 aliphatic rings. The standard InChI is InChI=1S/C19H30N4O3/c1-14-10-15(2)13-22(12-14)9-5-8-20-19(24)21-16(3)17-6-4-7-18(11-17)23(25)26/h4,6-7,11,14-16H,5,8-10,12-13H2,1-3H3,(H2,20,21,24). The van der Waals surface area contributed by atoms with Crippen molar-refractivity contribution in [3.8, 4) is 0 Å². The molecule has 2 rings (SSSR count). The Morgan fingerprint density at radius 2 is 2.04 bits per heavy atom. The van der Waals surface area contributed by atoms with Crippen LogP contribution >= 0.6 is 0 Å². The third-order valence-electron chi connectivity index (χ3n) is 4.81. The van der Waals surface area contributed by atoms with Gasteiger partial charge in [-0.15, -0.1) is 0 Å². The monoisotopic (exact) mass is 362 g/mol. The lowest BCUT2D eigenvalue weighted by atomic mass is 9.92. The molecule has 2 N–H and O–H groups in total. The number of non-ortho nitro benzene ring substituents is 1. The fourth-order valence-corrected chi connectivity index (χ4v) is 3.72. The zero-order valence-corrected chi connectivity index (χ0v) is 15.9. The number of piperidine rings is 1. The molecule has 1 heterocycles. The number of amides is 2. The third kappa shape index (κ3) is 6.29. The molecule has 26 heavy (non-hydrogen) atoms. The predicted octanol–water partition coefficient (Wildman–Crippen LogP) is 3.32. The summed E-state index contributed by atoms with van der Waals surface area (Å²) in [4.78, 5) is 24.9. The maximum Gasteiger partial charge on any atom is 0.315 e. The van der Waals surface area contributed by atoms with E-state index in [2.05, 4.69) is 29.4 Å². The van der Waals surface area contributed by atoms with E-state index in [0.717, 1.165) is 37.9 Å². The second kappa shape index (κ2) is 9.52. The van der Waals surface area contributed by atoms with E-state index in [1.54, 1.807) is 12.1 Å². The Kier molecular flexibility index (Phi) is 7.38. The summed E-state index contributed by atoms with van der Waals surface area (Å²) in [5, 5.41) is 16.5. The lowest BCUT2D eigenvalue weighted by molar-refractivity contribution is -0.384. The van der Waals surface area contributed by atoms with E-state index in [1.165, 1.54) is 18.6 Å². The van der Waals surface area contributed by atoms with Crippen molar-refractivity contribution in [3.05, 3.63) is 39.9 Å². The van der Waals surface area contributed by atoms with E-state index >= 15 is 0 Å². The number of likely N-dealkylation sites (tertiary alicyclic amines) is 1. The van der Waals surface area contributed by atoms with Crippen LogP contribution in [0.15, 0.2) is 24.3 Å². The van der Waals surface area contributed by atoms with Gasteiger partial charge in [0.15, 0.2) is 0 Å². The quantitative estimate of drug-likeness (QED) is 0.442. The number of hydrogen-bond acceptors (Lipinski definition) is 4. The van der Waals surface area contributed by atoms with Crippen molar-refractivity contribution in [2.24, 2.45) is 11.8 Å². The average Bonchev–Trinajstić information content (AvgIpc) is 2.58. The number of hydrogen-bond donors (Lipinski definition) is 2. The third-order valence-corrected chi connectivity index (χ3v) is 4.81. The van der Waals surface area contributed by atoms with Crippen molar-refractivity contribution >= 4 is 11.7 Å². The van der Waals surface area contributed by atoms with Gasteiger partial charge in [0.1, 0.15) is 0 Å². The number of nitrogens with zero attached hydrogens (tertiary/aromatic N) is 2. The van der Waals surface area contributed by atoms with Gasteiger partial charge in [0.2, 0.25) is 0 Å². The molecule has 7 nitrogen and oxygen atoms in total. The molecule has 0 saturated carbocycles. The summed E-state index contributed by atoms with van der Waals surface area (Å²) in [6.45, 7) is 10.3. The normalized spacial score (nSPS) is 21.8. The first-order valence-corrected chi connectivity index (χ1v) is 9.36. The van der Waals surface area contributed by atoms with Gasteiger partial charge in [0.25, 0.3) is 5.69 Å². The highest BCUT2D eigenvalue weighted by atomic mass is 16.6. The average molecular weight is 362 g/mol. The summed E-state index contributed by atoms with van der Waals surface area (Å²) in [5.74, 6) is 1.48. The van der Waals surface area contributed by atoms with Crippen LogP contribution in [0.4, 0.5) is 10.5 Å². The van der Waals surface area contributed by atoms with Gasteiger partial charge in [0.05, 0.1) is 11.0 Å². The fraction of sp³-hybridized carbons (Fsp3) is 0.632. The molecule has 1 aromatic carbocycles. The summed E-state index contributed by atoms with van der Waals surface area (Å²) in [5.41, 5.74) is 0.743. The number of benzene rings is 1. The molecule has 0 radical (unpaired) electrons. The summed E-state index contributed by atoms with van der Waals surface area (Å²) in [6, 6.07) is 5.80. The van der Waals surface area contributed by atoms with Crippen LogP contribution in [0, 0.1) is 22.0 Å². The highest BCUT2D eigenvalue weighted by Crippen LogP contribution is 2.21. The molecule has 144 valence electrons. The number of urea groups is 1. The van der Waals surface area contributed by atoms with Crippen molar-refractivity contribution in [1.29, 1.82) is 0 Å². The van der Waals surface area contributed by atoms with Gasteiger partial charge in [-0.1, -0.05) is 26.0 Å². The van der Waals surface area contributed by atoms with Gasteiger partial charge in [-0.3, -0.25) is 10.1 Å². The topological polar surface area (TPSA) is 87.5 Å². The van der Waals surface area contributed by atoms with Crippen LogP contribution in [0.1, 0.15) is 45.2 Å². The summed E-state index contributed by atoms with van der Waals surface area (Å²) >= 11 is 0. The smallest absolute Gasteiger partial charge is 0.315 e. The highest BCUT2D eigenvalue weighted by Gasteiger charge is 2.21. The fourth-order valence-electron chi connectivity index (χ4n) is 3.72. The van der Waals surface area contributed by atoms with Crippen molar-refractivity contribution in [1.82, 2.24) is 15.5 Å². The molecular formula is C19H30N4O3. The summed E-state index contributed by atoms with van der Waals surface area (Å²) < 4.78 is 0. The van der Waals surface area contributed by atoms with Crippen LogP contribution in [0.2, 0.25) is 0 Å². The Hall–Kier alpha value is -2.15. The summed E-state index contributed by atoms with van der Waals surface area (Å²) in [7, 11) is 0. The van der Waals surface area contributed by atoms with Crippen molar-refractivity contribution in [3.63, 3.8) is 0 Å². The zero-order valence-electron chi connectivity index (χ0n) is 15.9. The molecule has 1 saturated heterocycles. The molecule has 3 unspecified atom stereocenters. The zero-order chi connectivity index (χ0) is 19.1. The molecule has 1 aromatic rings. The van der Waals surface area contributed by atoms with E-state index in [-0.39, 0.29) is 17.8 Å². The molecule has 3 atom stereocenters. The van der Waals surface area contributed by atoms with Gasteiger partial charge in [0, 0.05) is 31.8 Å². The largest absolute Gasteiger partial charge is 0.338 e. The molecular weight excluding hydrogens is 332 g/mol. The maximum atomic E-state index is 12.0. The Balaban J connectivity index is 1.70. The Morgan fingerprint density at radius 1 is 1.35 bits per heavy atom. The first-order chi connectivity index (χ1) is 12.3. The number of carbonyl (C=O) groups excluding carboxylic acids is 1. The van der Waals surface area contributed by atoms with Gasteiger partial charge in [-0.25, -0.2) is 4.79 Å². The van der Waals surface area contributed by atoms with E-state index in [1.807, 2.05) is 6.92 Å². The first-order valence-electron chi connectivity index (χ1n) is 9.36. The highest BCUT2D eigenvalue weighted by molar-refractivity contribution is 5.74. The van der Waals surface area contributed by atoms with Gasteiger partial charge < -0.3 is 15.5 Å². The minimum Gasteiger partial charge on any atom is -0.338 e. The molecule has 1 fully saturated rings. The van der Waals surface area contributed by atoms with E-state index in [4.69, 9.17) is 0 Å². The van der Waals surface area contributed by atoms with Crippen molar-refractivity contribution in [2.45, 2.75) is 39.7 Å². The van der Waals surface area contributed by atoms with E-state index in [0.29, 0.717) is 12.1 Å². The second-order valence-electron chi connectivity index (χ2n) is 7.53. The summed E-state index contributed by atoms with van der Waals surface area (Å²) in [6.07, 6.45) is 2.21. The van der Waals surface area contributed by atoms with Gasteiger partial charge in [-0.2, -0.15) is 0 Å². The Labute approximate surface area is 155 Å². The molecule has 0 spiro atoms. The SMILES string of the molecule is CC1CC(C)CN(CCCNC(=O)NC(C)c2cccc([N+](=O)[O-])c2)C1. The van der Waals surface area contributed by atoms with Crippen LogP contribution in [0.5, 0.6) is 0 Å². The molecule has 0 bridgehead atoms. The maximum absolute atomic E-state index is 12.0. The van der Waals surface area contributed by atoms with Crippen LogP contribution < -0.4 is 10.6 Å². The second-order valence-corrected chi connectivity index (χ2v) is 7.53. The van der Waals surface area contributed by atoms with E-state index in [9.17, 15) is 14.9 Å². The van der Waals surface area contributed by atoms with Crippen molar-refractivity contribution < 1.29 is 9.72 Å². The molecule has 2 amide bonds. The van der Waals surface area contributed by atoms with Crippen LogP contribution in [-0.4, -0.2) is 42.0 Å². The number of nitro benzene ring substituents is 1. The number of rotatable bonds is 7. The molecule has 1 aliphatic heterocycles.